The molecule has 5 nitrogen and oxygen atoms in total. The van der Waals surface area contributed by atoms with Gasteiger partial charge in [0, 0.05) is 19.4 Å². The molecule has 2 aliphatic rings. The Bertz CT molecular complexity index is 666. The van der Waals surface area contributed by atoms with E-state index in [2.05, 4.69) is 27.4 Å². The molecule has 5 unspecified atom stereocenters. The third-order valence-electron chi connectivity index (χ3n) is 7.71. The van der Waals surface area contributed by atoms with E-state index in [1.54, 1.807) is 6.08 Å². The third-order valence-corrected chi connectivity index (χ3v) is 7.71. The molecule has 0 aliphatic heterocycles. The van der Waals surface area contributed by atoms with E-state index in [0.29, 0.717) is 23.8 Å². The summed E-state index contributed by atoms with van der Waals surface area (Å²) in [6.45, 7) is 14.0. The van der Waals surface area contributed by atoms with Crippen LogP contribution in [-0.4, -0.2) is 36.4 Å². The second-order valence-corrected chi connectivity index (χ2v) is 9.46. The van der Waals surface area contributed by atoms with Gasteiger partial charge in [-0.2, -0.15) is 0 Å². The summed E-state index contributed by atoms with van der Waals surface area (Å²) in [6.07, 6.45) is 7.37. The van der Waals surface area contributed by atoms with Gasteiger partial charge in [-0.05, 0) is 61.2 Å². The van der Waals surface area contributed by atoms with Crippen molar-refractivity contribution in [1.82, 2.24) is 0 Å². The van der Waals surface area contributed by atoms with Crippen LogP contribution in [0.1, 0.15) is 73.1 Å². The Labute approximate surface area is 175 Å². The molecule has 0 aromatic rings. The first kappa shape index (κ1) is 23.7. The number of hydrogen-bond donors (Lipinski definition) is 1. The zero-order valence-corrected chi connectivity index (χ0v) is 18.8. The van der Waals surface area contributed by atoms with E-state index < -0.39 is 12.1 Å². The maximum atomic E-state index is 11.9. The lowest BCUT2D eigenvalue weighted by atomic mass is 9.46. The smallest absolute Gasteiger partial charge is 0.303 e. The van der Waals surface area contributed by atoms with E-state index in [0.717, 1.165) is 32.1 Å². The van der Waals surface area contributed by atoms with Gasteiger partial charge in [-0.15, -0.1) is 0 Å². The van der Waals surface area contributed by atoms with Crippen LogP contribution in [0.15, 0.2) is 23.8 Å². The summed E-state index contributed by atoms with van der Waals surface area (Å²) in [7, 11) is 0. The predicted molar refractivity (Wildman–Crippen MR) is 113 cm³/mol. The number of aliphatic hydroxyl groups excluding tert-OH is 1. The van der Waals surface area contributed by atoms with Gasteiger partial charge in [-0.1, -0.05) is 39.0 Å². The molecule has 1 N–H and O–H groups in total. The number of allylic oxidation sites excluding steroid dienone is 1. The molecule has 2 rings (SSSR count). The maximum Gasteiger partial charge on any atom is 0.303 e. The molecule has 2 saturated carbocycles. The van der Waals surface area contributed by atoms with Gasteiger partial charge in [0.1, 0.15) is 12.7 Å². The Balaban J connectivity index is 2.38. The van der Waals surface area contributed by atoms with E-state index >= 15 is 0 Å². The van der Waals surface area contributed by atoms with E-state index in [-0.39, 0.29) is 30.0 Å². The van der Waals surface area contributed by atoms with E-state index in [1.807, 2.05) is 0 Å². The molecule has 0 spiro atoms. The van der Waals surface area contributed by atoms with Crippen molar-refractivity contribution in [1.29, 1.82) is 0 Å². The first-order valence-electron chi connectivity index (χ1n) is 10.8. The largest absolute Gasteiger partial charge is 0.461 e. The molecule has 0 saturated heterocycles. The quantitative estimate of drug-likeness (QED) is 0.494. The molecule has 164 valence electrons. The van der Waals surface area contributed by atoms with Crippen LogP contribution >= 0.6 is 0 Å². The Hall–Kier alpha value is -1.62. The summed E-state index contributed by atoms with van der Waals surface area (Å²) >= 11 is 0. The summed E-state index contributed by atoms with van der Waals surface area (Å²) in [5, 5.41) is 9.50. The van der Waals surface area contributed by atoms with Gasteiger partial charge in [0.25, 0.3) is 0 Å². The molecule has 29 heavy (non-hydrogen) atoms. The monoisotopic (exact) mass is 406 g/mol. The molecule has 0 heterocycles. The van der Waals surface area contributed by atoms with Gasteiger partial charge in [-0.3, -0.25) is 9.59 Å². The standard InChI is InChI=1S/C24H38O5/c1-16-8-7-9-22-23(16,5)12-10-17(2)24(22,6)14-21(29-19(4)27)20(11-13-25)15-28-18(3)26/h11,17,21-22,25H,1,7-10,12-15H2,2-6H3. The van der Waals surface area contributed by atoms with E-state index in [9.17, 15) is 14.7 Å². The average molecular weight is 407 g/mol. The Kier molecular flexibility index (Phi) is 7.72. The van der Waals surface area contributed by atoms with Crippen LogP contribution in [0, 0.1) is 22.7 Å². The van der Waals surface area contributed by atoms with Crippen LogP contribution in [0.25, 0.3) is 0 Å². The van der Waals surface area contributed by atoms with Crippen molar-refractivity contribution < 1.29 is 24.2 Å². The molecule has 2 aliphatic carbocycles. The molecule has 0 aromatic heterocycles. The molecule has 0 radical (unpaired) electrons. The highest BCUT2D eigenvalue weighted by atomic mass is 16.6. The predicted octanol–water partition coefficient (Wildman–Crippen LogP) is 4.59. The van der Waals surface area contributed by atoms with Crippen LogP contribution in [0.3, 0.4) is 0 Å². The van der Waals surface area contributed by atoms with Crippen molar-refractivity contribution in [3.8, 4) is 0 Å². The second kappa shape index (κ2) is 9.46. The van der Waals surface area contributed by atoms with Crippen LogP contribution in [0.2, 0.25) is 0 Å². The Morgan fingerprint density at radius 2 is 1.97 bits per heavy atom. The molecular formula is C24H38O5. The first-order valence-corrected chi connectivity index (χ1v) is 10.8. The number of esters is 2. The van der Waals surface area contributed by atoms with E-state index in [1.165, 1.54) is 19.4 Å². The van der Waals surface area contributed by atoms with Crippen molar-refractivity contribution >= 4 is 11.9 Å². The zero-order chi connectivity index (χ0) is 21.8. The van der Waals surface area contributed by atoms with Crippen LogP contribution in [-0.2, 0) is 19.1 Å². The Morgan fingerprint density at radius 1 is 1.28 bits per heavy atom. The molecule has 5 heteroatoms. The van der Waals surface area contributed by atoms with Gasteiger partial charge in [0.15, 0.2) is 0 Å². The molecule has 2 fully saturated rings. The van der Waals surface area contributed by atoms with Crippen LogP contribution in [0.5, 0.6) is 0 Å². The number of ether oxygens (including phenoxy) is 2. The van der Waals surface area contributed by atoms with E-state index in [4.69, 9.17) is 9.47 Å². The Morgan fingerprint density at radius 3 is 2.55 bits per heavy atom. The number of hydrogen-bond acceptors (Lipinski definition) is 5. The molecule has 5 atom stereocenters. The summed E-state index contributed by atoms with van der Waals surface area (Å²) in [6, 6.07) is 0. The van der Waals surface area contributed by atoms with Gasteiger partial charge in [0.2, 0.25) is 0 Å². The fraction of sp³-hybridized carbons (Fsp3) is 0.750. The number of rotatable bonds is 7. The summed E-state index contributed by atoms with van der Waals surface area (Å²) in [5.74, 6) is 0.157. The van der Waals surface area contributed by atoms with Gasteiger partial charge >= 0.3 is 11.9 Å². The maximum absolute atomic E-state index is 11.9. The van der Waals surface area contributed by atoms with Gasteiger partial charge < -0.3 is 14.6 Å². The summed E-state index contributed by atoms with van der Waals surface area (Å²) in [4.78, 5) is 23.2. The lowest BCUT2D eigenvalue weighted by Crippen LogP contribution is -2.52. The normalized spacial score (nSPS) is 33.6. The van der Waals surface area contributed by atoms with Crippen molar-refractivity contribution in [2.24, 2.45) is 22.7 Å². The summed E-state index contributed by atoms with van der Waals surface area (Å²) in [5.41, 5.74) is 2.05. The highest BCUT2D eigenvalue weighted by Crippen LogP contribution is 2.63. The molecular weight excluding hydrogens is 368 g/mol. The average Bonchev–Trinajstić information content (AvgIpc) is 2.63. The van der Waals surface area contributed by atoms with Crippen molar-refractivity contribution in [3.63, 3.8) is 0 Å². The molecule has 0 amide bonds. The SMILES string of the molecule is C=C1CCCC2C1(C)CCC(C)C2(C)CC(OC(C)=O)C(=CCO)COC(C)=O. The zero-order valence-electron chi connectivity index (χ0n) is 18.8. The second-order valence-electron chi connectivity index (χ2n) is 9.46. The number of carbonyl (C=O) groups excluding carboxylic acids is 2. The third kappa shape index (κ3) is 5.11. The fourth-order valence-electron chi connectivity index (χ4n) is 5.75. The minimum atomic E-state index is -0.524. The number of carbonyl (C=O) groups is 2. The van der Waals surface area contributed by atoms with Crippen LogP contribution in [0.4, 0.5) is 0 Å². The minimum Gasteiger partial charge on any atom is -0.461 e. The lowest BCUT2D eigenvalue weighted by Gasteiger charge is -2.59. The highest BCUT2D eigenvalue weighted by Gasteiger charge is 2.54. The topological polar surface area (TPSA) is 72.8 Å². The van der Waals surface area contributed by atoms with Gasteiger partial charge in [0.05, 0.1) is 6.61 Å². The minimum absolute atomic E-state index is 0.0208. The molecule has 0 bridgehead atoms. The number of fused-ring (bicyclic) bond motifs is 1. The first-order chi connectivity index (χ1) is 13.5. The number of aliphatic hydroxyl groups is 1. The van der Waals surface area contributed by atoms with Crippen LogP contribution < -0.4 is 0 Å². The summed E-state index contributed by atoms with van der Waals surface area (Å²) < 4.78 is 10.9. The van der Waals surface area contributed by atoms with Gasteiger partial charge in [-0.25, -0.2) is 0 Å². The fourth-order valence-corrected chi connectivity index (χ4v) is 5.75. The van der Waals surface area contributed by atoms with Crippen molar-refractivity contribution in [2.75, 3.05) is 13.2 Å². The highest BCUT2D eigenvalue weighted by molar-refractivity contribution is 5.67. The van der Waals surface area contributed by atoms with Crippen molar-refractivity contribution in [2.45, 2.75) is 79.2 Å². The van der Waals surface area contributed by atoms with Crippen molar-refractivity contribution in [3.05, 3.63) is 23.8 Å². The lowest BCUT2D eigenvalue weighted by molar-refractivity contribution is -0.150. The molecule has 0 aromatic carbocycles.